The molecule has 1 aromatic carbocycles. The van der Waals surface area contributed by atoms with Crippen LogP contribution in [-0.4, -0.2) is 65.8 Å². The molecule has 0 radical (unpaired) electrons. The Balaban J connectivity index is 1.69. The summed E-state index contributed by atoms with van der Waals surface area (Å²) >= 11 is 0. The average molecular weight is 392 g/mol. The first kappa shape index (κ1) is 18.3. The second-order valence-corrected chi connectivity index (χ2v) is 6.08. The van der Waals surface area contributed by atoms with E-state index in [1.54, 1.807) is 30.3 Å². The normalized spacial score (nSPS) is 23.8. The van der Waals surface area contributed by atoms with E-state index in [0.29, 0.717) is 10.2 Å². The summed E-state index contributed by atoms with van der Waals surface area (Å²) in [5, 5.41) is 28.7. The smallest absolute Gasteiger partial charge is 0.321 e. The van der Waals surface area contributed by atoms with Gasteiger partial charge in [0, 0.05) is 5.56 Å². The van der Waals surface area contributed by atoms with Crippen LogP contribution in [0.3, 0.4) is 0 Å². The van der Waals surface area contributed by atoms with Gasteiger partial charge in [-0.05, 0) is 12.1 Å². The number of ether oxygens (including phenoxy) is 1. The van der Waals surface area contributed by atoms with Gasteiger partial charge in [0.05, 0.1) is 6.61 Å². The van der Waals surface area contributed by atoms with Crippen molar-refractivity contribution in [2.75, 3.05) is 11.9 Å². The van der Waals surface area contributed by atoms with Crippen LogP contribution in [0.1, 0.15) is 16.6 Å². The van der Waals surface area contributed by atoms with Crippen molar-refractivity contribution in [3.8, 4) is 0 Å². The summed E-state index contributed by atoms with van der Waals surface area (Å²) in [6.45, 7) is -0.798. The largest absolute Gasteiger partial charge is 0.394 e. The lowest BCUT2D eigenvalue weighted by atomic mass is 10.1. The lowest BCUT2D eigenvalue weighted by Crippen LogP contribution is -2.39. The molecule has 1 amide bonds. The molecule has 1 fully saturated rings. The molecular formula is C16H14F2N6O4. The molecule has 3 N–H and O–H groups in total. The molecule has 1 saturated heterocycles. The molecule has 0 saturated carbocycles. The third kappa shape index (κ3) is 2.87. The van der Waals surface area contributed by atoms with Gasteiger partial charge in [0.1, 0.15) is 12.4 Å². The van der Waals surface area contributed by atoms with E-state index in [9.17, 15) is 18.7 Å². The molecule has 1 unspecified atom stereocenters. The van der Waals surface area contributed by atoms with E-state index in [-0.39, 0.29) is 17.0 Å². The molecule has 3 heterocycles. The number of aliphatic hydroxyl groups is 2. The molecule has 28 heavy (non-hydrogen) atoms. The van der Waals surface area contributed by atoms with Crippen LogP contribution in [0.4, 0.5) is 14.6 Å². The van der Waals surface area contributed by atoms with Gasteiger partial charge in [-0.15, -0.1) is 5.10 Å². The van der Waals surface area contributed by atoms with Crippen molar-refractivity contribution in [1.29, 1.82) is 0 Å². The number of halogens is 2. The highest BCUT2D eigenvalue weighted by Crippen LogP contribution is 2.43. The van der Waals surface area contributed by atoms with Crippen LogP contribution in [0, 0.1) is 0 Å². The molecule has 3 aromatic rings. The fourth-order valence-electron chi connectivity index (χ4n) is 2.87. The number of nitrogens with zero attached hydrogens (tertiary/aromatic N) is 5. The molecule has 10 nitrogen and oxygen atoms in total. The fourth-order valence-corrected chi connectivity index (χ4v) is 2.87. The number of amides is 1. The molecule has 0 spiro atoms. The van der Waals surface area contributed by atoms with Crippen LogP contribution in [0.2, 0.25) is 0 Å². The van der Waals surface area contributed by atoms with E-state index in [4.69, 9.17) is 9.84 Å². The van der Waals surface area contributed by atoms with Crippen LogP contribution in [0.25, 0.3) is 11.2 Å². The summed E-state index contributed by atoms with van der Waals surface area (Å²) in [5.74, 6) is -4.24. The van der Waals surface area contributed by atoms with Crippen LogP contribution >= 0.6 is 0 Å². The van der Waals surface area contributed by atoms with Crippen molar-refractivity contribution < 1.29 is 28.5 Å². The summed E-state index contributed by atoms with van der Waals surface area (Å²) < 4.78 is 34.5. The van der Waals surface area contributed by atoms with Gasteiger partial charge in [0.15, 0.2) is 23.1 Å². The number of aromatic nitrogens is 5. The quantitative estimate of drug-likeness (QED) is 0.579. The van der Waals surface area contributed by atoms with Gasteiger partial charge < -0.3 is 20.3 Å². The Bertz CT molecular complexity index is 1010. The number of hydrogen-bond acceptors (Lipinski definition) is 8. The highest BCUT2D eigenvalue weighted by atomic mass is 19.3. The maximum Gasteiger partial charge on any atom is 0.321 e. The number of anilines is 1. The number of carbonyl (C=O) groups excluding carboxylic acids is 1. The molecule has 12 heteroatoms. The lowest BCUT2D eigenvalue weighted by molar-refractivity contribution is -0.142. The predicted molar refractivity (Wildman–Crippen MR) is 89.5 cm³/mol. The lowest BCUT2D eigenvalue weighted by Gasteiger charge is -2.19. The van der Waals surface area contributed by atoms with Crippen molar-refractivity contribution in [2.24, 2.45) is 0 Å². The first-order chi connectivity index (χ1) is 13.4. The summed E-state index contributed by atoms with van der Waals surface area (Å²) in [5.41, 5.74) is 0.197. The fraction of sp³-hybridized carbons (Fsp3) is 0.312. The standard InChI is InChI=1S/C16H14F2N6O4/c17-16(18)11(26)9(6-25)28-15(16)24-13-10(22-23-24)12(19-7-20-13)21-14(27)8-4-2-1-3-5-8/h1-5,7,9,11,15,25-26H,6H2,(H,19,20,21,27)/t9?,11-,15-/m1/s1. The summed E-state index contributed by atoms with van der Waals surface area (Å²) in [6, 6.07) is 8.30. The highest BCUT2D eigenvalue weighted by Gasteiger charge is 2.60. The zero-order valence-corrected chi connectivity index (χ0v) is 14.1. The molecule has 1 aliphatic rings. The van der Waals surface area contributed by atoms with Crippen LogP contribution in [0.5, 0.6) is 0 Å². The first-order valence-corrected chi connectivity index (χ1v) is 8.18. The summed E-state index contributed by atoms with van der Waals surface area (Å²) in [7, 11) is 0. The maximum absolute atomic E-state index is 14.4. The average Bonchev–Trinajstić information content (AvgIpc) is 3.22. The predicted octanol–water partition coefficient (Wildman–Crippen LogP) is 0.359. The number of aliphatic hydroxyl groups excluding tert-OH is 2. The number of fused-ring (bicyclic) bond motifs is 1. The minimum atomic E-state index is -3.74. The second-order valence-electron chi connectivity index (χ2n) is 6.08. The molecular weight excluding hydrogens is 378 g/mol. The van der Waals surface area contributed by atoms with Crippen LogP contribution in [0.15, 0.2) is 36.7 Å². The van der Waals surface area contributed by atoms with Gasteiger partial charge in [-0.25, -0.2) is 9.97 Å². The first-order valence-electron chi connectivity index (χ1n) is 8.18. The second kappa shape index (κ2) is 6.82. The van der Waals surface area contributed by atoms with E-state index >= 15 is 0 Å². The molecule has 146 valence electrons. The van der Waals surface area contributed by atoms with Gasteiger partial charge in [-0.3, -0.25) is 4.79 Å². The topological polar surface area (TPSA) is 135 Å². The Labute approximate surface area is 155 Å². The number of nitrogens with one attached hydrogen (secondary N) is 1. The number of rotatable bonds is 4. The van der Waals surface area contributed by atoms with Crippen molar-refractivity contribution in [3.05, 3.63) is 42.2 Å². The minimum Gasteiger partial charge on any atom is -0.394 e. The number of alkyl halides is 2. The SMILES string of the molecule is O=C(Nc1ncnc2c1nnn2[C@@H]1OC(CO)[C@@H](O)C1(F)F)c1ccccc1. The Hall–Kier alpha value is -3.09. The zero-order chi connectivity index (χ0) is 19.9. The van der Waals surface area contributed by atoms with Gasteiger partial charge in [-0.1, -0.05) is 23.4 Å². The van der Waals surface area contributed by atoms with Gasteiger partial charge in [-0.2, -0.15) is 13.5 Å². The van der Waals surface area contributed by atoms with E-state index < -0.39 is 36.9 Å². The van der Waals surface area contributed by atoms with E-state index in [1.807, 2.05) is 0 Å². The Kier molecular flexibility index (Phi) is 4.45. The molecule has 2 aromatic heterocycles. The van der Waals surface area contributed by atoms with Crippen molar-refractivity contribution in [1.82, 2.24) is 25.0 Å². The van der Waals surface area contributed by atoms with Gasteiger partial charge >= 0.3 is 5.92 Å². The molecule has 0 bridgehead atoms. The van der Waals surface area contributed by atoms with Crippen molar-refractivity contribution in [2.45, 2.75) is 24.4 Å². The maximum atomic E-state index is 14.4. The van der Waals surface area contributed by atoms with Crippen LogP contribution < -0.4 is 5.32 Å². The van der Waals surface area contributed by atoms with Crippen molar-refractivity contribution in [3.63, 3.8) is 0 Å². The number of benzene rings is 1. The van der Waals surface area contributed by atoms with Gasteiger partial charge in [0.2, 0.25) is 6.23 Å². The Morgan fingerprint density at radius 3 is 2.71 bits per heavy atom. The molecule has 0 aliphatic carbocycles. The Morgan fingerprint density at radius 2 is 2.04 bits per heavy atom. The molecule has 4 rings (SSSR count). The van der Waals surface area contributed by atoms with E-state index in [2.05, 4.69) is 25.6 Å². The van der Waals surface area contributed by atoms with Crippen molar-refractivity contribution >= 4 is 22.9 Å². The zero-order valence-electron chi connectivity index (χ0n) is 14.1. The Morgan fingerprint density at radius 1 is 1.29 bits per heavy atom. The highest BCUT2D eigenvalue weighted by molar-refractivity contribution is 6.06. The third-order valence-corrected chi connectivity index (χ3v) is 4.31. The van der Waals surface area contributed by atoms with Gasteiger partial charge in [0.25, 0.3) is 5.91 Å². The summed E-state index contributed by atoms with van der Waals surface area (Å²) in [6.07, 6.45) is -4.69. The monoisotopic (exact) mass is 392 g/mol. The van der Waals surface area contributed by atoms with E-state index in [0.717, 1.165) is 6.33 Å². The number of carbonyl (C=O) groups is 1. The summed E-state index contributed by atoms with van der Waals surface area (Å²) in [4.78, 5) is 20.1. The third-order valence-electron chi connectivity index (χ3n) is 4.31. The number of hydrogen-bond donors (Lipinski definition) is 3. The molecule has 3 atom stereocenters. The van der Waals surface area contributed by atoms with Crippen LogP contribution in [-0.2, 0) is 4.74 Å². The van der Waals surface area contributed by atoms with E-state index in [1.165, 1.54) is 0 Å². The minimum absolute atomic E-state index is 0.0225. The molecule has 1 aliphatic heterocycles.